The zero-order valence-corrected chi connectivity index (χ0v) is 12.8. The number of hydrogen-bond acceptors (Lipinski definition) is 2. The highest BCUT2D eigenvalue weighted by molar-refractivity contribution is 5.50. The molecule has 2 N–H and O–H groups in total. The van der Waals surface area contributed by atoms with E-state index in [9.17, 15) is 4.79 Å². The summed E-state index contributed by atoms with van der Waals surface area (Å²) in [5.74, 6) is 0. The van der Waals surface area contributed by atoms with Gasteiger partial charge in [-0.05, 0) is 43.2 Å². The molecule has 0 bridgehead atoms. The number of hydrogen-bond donors (Lipinski definition) is 1. The van der Waals surface area contributed by atoms with Gasteiger partial charge in [0, 0.05) is 0 Å². The molecule has 0 aliphatic carbocycles. The van der Waals surface area contributed by atoms with E-state index >= 15 is 0 Å². The Balaban J connectivity index is 2.37. The molecule has 4 nitrogen and oxygen atoms in total. The van der Waals surface area contributed by atoms with Crippen LogP contribution >= 0.6 is 0 Å². The van der Waals surface area contributed by atoms with Crippen molar-refractivity contribution in [2.45, 2.75) is 20.3 Å². The minimum atomic E-state index is -0.175. The van der Waals surface area contributed by atoms with Crippen molar-refractivity contribution < 1.29 is 0 Å². The summed E-state index contributed by atoms with van der Waals surface area (Å²) in [6, 6.07) is 17.7. The predicted octanol–water partition coefficient (Wildman–Crippen LogP) is 3.08. The number of aromatic nitrogens is 2. The summed E-state index contributed by atoms with van der Waals surface area (Å²) in [5, 5.41) is 0. The van der Waals surface area contributed by atoms with Gasteiger partial charge in [0.25, 0.3) is 5.56 Å². The molecule has 0 spiro atoms. The summed E-state index contributed by atoms with van der Waals surface area (Å²) >= 11 is 0. The van der Waals surface area contributed by atoms with Crippen LogP contribution in [0.3, 0.4) is 0 Å². The topological polar surface area (TPSA) is 53.0 Å². The fourth-order valence-corrected chi connectivity index (χ4v) is 2.74. The molecule has 0 unspecified atom stereocenters. The first-order valence-corrected chi connectivity index (χ1v) is 7.38. The van der Waals surface area contributed by atoms with Crippen molar-refractivity contribution in [3.63, 3.8) is 0 Å². The molecule has 3 aromatic rings. The van der Waals surface area contributed by atoms with Gasteiger partial charge in [-0.15, -0.1) is 0 Å². The van der Waals surface area contributed by atoms with Crippen LogP contribution < -0.4 is 11.3 Å². The Labute approximate surface area is 129 Å². The van der Waals surface area contributed by atoms with Crippen LogP contribution in [0.2, 0.25) is 0 Å². The lowest BCUT2D eigenvalue weighted by atomic mass is 10.2. The number of rotatable bonds is 3. The maximum atomic E-state index is 12.7. The highest BCUT2D eigenvalue weighted by Gasteiger charge is 2.18. The SMILES string of the molecule is CCc1c(N)c(=O)n(-c2cccc(C)c2)n1-c1ccccc1. The molecule has 0 atom stereocenters. The maximum Gasteiger partial charge on any atom is 0.295 e. The average Bonchev–Trinajstić information content (AvgIpc) is 2.79. The van der Waals surface area contributed by atoms with Crippen molar-refractivity contribution in [3.05, 3.63) is 76.2 Å². The third-order valence-electron chi connectivity index (χ3n) is 3.77. The van der Waals surface area contributed by atoms with E-state index in [2.05, 4.69) is 0 Å². The van der Waals surface area contributed by atoms with Crippen molar-refractivity contribution in [2.24, 2.45) is 0 Å². The number of nitrogens with two attached hydrogens (primary N) is 1. The van der Waals surface area contributed by atoms with Gasteiger partial charge in [0.05, 0.1) is 17.1 Å². The van der Waals surface area contributed by atoms with E-state index in [1.165, 1.54) is 0 Å². The molecule has 0 radical (unpaired) electrons. The summed E-state index contributed by atoms with van der Waals surface area (Å²) in [4.78, 5) is 12.7. The van der Waals surface area contributed by atoms with E-state index in [1.807, 2.05) is 73.1 Å². The van der Waals surface area contributed by atoms with Gasteiger partial charge in [-0.1, -0.05) is 37.3 Å². The first-order chi connectivity index (χ1) is 10.6. The standard InChI is InChI=1S/C18H19N3O/c1-3-16-17(19)18(22)21(15-11-7-8-13(2)12-15)20(16)14-9-5-4-6-10-14/h4-12H,3,19H2,1-2H3. The second-order valence-electron chi connectivity index (χ2n) is 5.32. The smallest absolute Gasteiger partial charge is 0.295 e. The minimum absolute atomic E-state index is 0.175. The number of nitrogen functional groups attached to an aromatic ring is 1. The van der Waals surface area contributed by atoms with Gasteiger partial charge in [-0.3, -0.25) is 4.79 Å². The predicted molar refractivity (Wildman–Crippen MR) is 89.9 cm³/mol. The summed E-state index contributed by atoms with van der Waals surface area (Å²) in [6.45, 7) is 4.01. The first kappa shape index (κ1) is 14.2. The molecule has 0 saturated heterocycles. The van der Waals surface area contributed by atoms with Crippen LogP contribution in [-0.2, 0) is 6.42 Å². The summed E-state index contributed by atoms with van der Waals surface area (Å²) in [5.41, 5.74) is 9.89. The highest BCUT2D eigenvalue weighted by Crippen LogP contribution is 2.20. The largest absolute Gasteiger partial charge is 0.393 e. The fourth-order valence-electron chi connectivity index (χ4n) is 2.74. The zero-order valence-electron chi connectivity index (χ0n) is 12.8. The Morgan fingerprint density at radius 2 is 1.64 bits per heavy atom. The third-order valence-corrected chi connectivity index (χ3v) is 3.77. The van der Waals surface area contributed by atoms with Crippen molar-refractivity contribution >= 4 is 5.69 Å². The molecule has 0 fully saturated rings. The van der Waals surface area contributed by atoms with Crippen LogP contribution in [0, 0.1) is 6.92 Å². The fraction of sp³-hybridized carbons (Fsp3) is 0.167. The van der Waals surface area contributed by atoms with Crippen LogP contribution in [0.4, 0.5) is 5.69 Å². The number of benzene rings is 2. The van der Waals surface area contributed by atoms with Crippen molar-refractivity contribution in [2.75, 3.05) is 5.73 Å². The van der Waals surface area contributed by atoms with Gasteiger partial charge in [0.1, 0.15) is 5.69 Å². The van der Waals surface area contributed by atoms with Crippen molar-refractivity contribution in [1.82, 2.24) is 9.36 Å². The van der Waals surface area contributed by atoms with Gasteiger partial charge in [-0.2, -0.15) is 0 Å². The lowest BCUT2D eigenvalue weighted by Gasteiger charge is -2.14. The molecule has 2 aromatic carbocycles. The molecule has 0 amide bonds. The van der Waals surface area contributed by atoms with Gasteiger partial charge < -0.3 is 5.73 Å². The van der Waals surface area contributed by atoms with E-state index in [-0.39, 0.29) is 5.56 Å². The normalized spacial score (nSPS) is 10.8. The Morgan fingerprint density at radius 3 is 2.27 bits per heavy atom. The first-order valence-electron chi connectivity index (χ1n) is 7.38. The minimum Gasteiger partial charge on any atom is -0.393 e. The molecule has 3 rings (SSSR count). The van der Waals surface area contributed by atoms with Gasteiger partial charge >= 0.3 is 0 Å². The number of nitrogens with zero attached hydrogens (tertiary/aromatic N) is 2. The quantitative estimate of drug-likeness (QED) is 0.807. The number of aryl methyl sites for hydroxylation is 1. The lowest BCUT2D eigenvalue weighted by Crippen LogP contribution is -2.21. The second kappa shape index (κ2) is 5.56. The van der Waals surface area contributed by atoms with Crippen LogP contribution in [-0.4, -0.2) is 9.36 Å². The average molecular weight is 293 g/mol. The number of anilines is 1. The molecule has 4 heteroatoms. The van der Waals surface area contributed by atoms with E-state index in [1.54, 1.807) is 4.68 Å². The van der Waals surface area contributed by atoms with Crippen molar-refractivity contribution in [3.8, 4) is 11.4 Å². The molecular formula is C18H19N3O. The maximum absolute atomic E-state index is 12.7. The summed E-state index contributed by atoms with van der Waals surface area (Å²) in [7, 11) is 0. The van der Waals surface area contributed by atoms with Crippen molar-refractivity contribution in [1.29, 1.82) is 0 Å². The van der Waals surface area contributed by atoms with Gasteiger partial charge in [-0.25, -0.2) is 9.36 Å². The Morgan fingerprint density at radius 1 is 0.955 bits per heavy atom. The Bertz CT molecular complexity index is 860. The molecule has 1 heterocycles. The zero-order chi connectivity index (χ0) is 15.7. The van der Waals surface area contributed by atoms with E-state index < -0.39 is 0 Å². The van der Waals surface area contributed by atoms with E-state index in [4.69, 9.17) is 5.73 Å². The van der Waals surface area contributed by atoms with Crippen LogP contribution in [0.5, 0.6) is 0 Å². The van der Waals surface area contributed by atoms with Gasteiger partial charge in [0.15, 0.2) is 0 Å². The Kier molecular flexibility index (Phi) is 3.59. The molecule has 0 aliphatic rings. The summed E-state index contributed by atoms with van der Waals surface area (Å²) < 4.78 is 3.56. The molecule has 0 saturated carbocycles. The molecule has 22 heavy (non-hydrogen) atoms. The highest BCUT2D eigenvalue weighted by atomic mass is 16.1. The van der Waals surface area contributed by atoms with Crippen LogP contribution in [0.25, 0.3) is 11.4 Å². The number of para-hydroxylation sites is 1. The van der Waals surface area contributed by atoms with Gasteiger partial charge in [0.2, 0.25) is 0 Å². The lowest BCUT2D eigenvalue weighted by molar-refractivity contribution is 0.693. The third kappa shape index (κ3) is 2.22. The Hall–Kier alpha value is -2.75. The summed E-state index contributed by atoms with van der Waals surface area (Å²) in [6.07, 6.45) is 0.689. The molecule has 1 aromatic heterocycles. The molecular weight excluding hydrogens is 274 g/mol. The monoisotopic (exact) mass is 293 g/mol. The van der Waals surface area contributed by atoms with E-state index in [0.717, 1.165) is 22.6 Å². The van der Waals surface area contributed by atoms with Crippen LogP contribution in [0.1, 0.15) is 18.2 Å². The molecule has 0 aliphatic heterocycles. The molecule has 112 valence electrons. The van der Waals surface area contributed by atoms with Crippen LogP contribution in [0.15, 0.2) is 59.4 Å². The second-order valence-corrected chi connectivity index (χ2v) is 5.32. The van der Waals surface area contributed by atoms with E-state index in [0.29, 0.717) is 12.1 Å².